The molecule has 1 aromatic rings. The average molecular weight is 274 g/mol. The Balaban J connectivity index is 2.14. The predicted octanol–water partition coefficient (Wildman–Crippen LogP) is 3.80. The van der Waals surface area contributed by atoms with Crippen molar-refractivity contribution in [3.8, 4) is 0 Å². The van der Waals surface area contributed by atoms with E-state index in [-0.39, 0.29) is 5.91 Å². The molecule has 0 aliphatic heterocycles. The Labute approximate surface area is 121 Å². The SMILES string of the molecule is CC(C)(C)C1CCCCC1Nc1cccc(C(N)=O)c1. The first-order chi connectivity index (χ1) is 9.38. The van der Waals surface area contributed by atoms with Gasteiger partial charge >= 0.3 is 0 Å². The van der Waals surface area contributed by atoms with Crippen molar-refractivity contribution in [2.24, 2.45) is 17.1 Å². The molecule has 1 aliphatic carbocycles. The number of benzene rings is 1. The molecule has 1 amide bonds. The Bertz CT molecular complexity index is 476. The first kappa shape index (κ1) is 14.9. The molecule has 110 valence electrons. The third kappa shape index (κ3) is 3.53. The van der Waals surface area contributed by atoms with Crippen LogP contribution >= 0.6 is 0 Å². The number of amides is 1. The van der Waals surface area contributed by atoms with E-state index in [1.54, 1.807) is 6.07 Å². The highest BCUT2D eigenvalue weighted by Crippen LogP contribution is 2.39. The van der Waals surface area contributed by atoms with Crippen molar-refractivity contribution in [3.63, 3.8) is 0 Å². The van der Waals surface area contributed by atoms with Gasteiger partial charge in [-0.1, -0.05) is 39.7 Å². The Hall–Kier alpha value is -1.51. The molecule has 1 saturated carbocycles. The zero-order valence-corrected chi connectivity index (χ0v) is 12.8. The van der Waals surface area contributed by atoms with Crippen molar-refractivity contribution in [1.82, 2.24) is 0 Å². The molecule has 0 radical (unpaired) electrons. The minimum Gasteiger partial charge on any atom is -0.382 e. The molecule has 0 heterocycles. The van der Waals surface area contributed by atoms with Crippen molar-refractivity contribution >= 4 is 11.6 Å². The third-order valence-corrected chi connectivity index (χ3v) is 4.38. The van der Waals surface area contributed by atoms with Gasteiger partial charge < -0.3 is 11.1 Å². The lowest BCUT2D eigenvalue weighted by atomic mass is 9.69. The van der Waals surface area contributed by atoms with E-state index in [1.807, 2.05) is 18.2 Å². The summed E-state index contributed by atoms with van der Waals surface area (Å²) in [7, 11) is 0. The van der Waals surface area contributed by atoms with E-state index in [2.05, 4.69) is 26.1 Å². The highest BCUT2D eigenvalue weighted by molar-refractivity contribution is 5.93. The van der Waals surface area contributed by atoms with E-state index in [0.717, 1.165) is 5.69 Å². The fraction of sp³-hybridized carbons (Fsp3) is 0.588. The fourth-order valence-electron chi connectivity index (χ4n) is 3.32. The monoisotopic (exact) mass is 274 g/mol. The van der Waals surface area contributed by atoms with Gasteiger partial charge in [0.15, 0.2) is 0 Å². The first-order valence-electron chi connectivity index (χ1n) is 7.54. The zero-order chi connectivity index (χ0) is 14.8. The molecule has 1 fully saturated rings. The molecule has 0 bridgehead atoms. The number of nitrogens with two attached hydrogens (primary N) is 1. The number of hydrogen-bond donors (Lipinski definition) is 2. The Morgan fingerprint density at radius 3 is 2.60 bits per heavy atom. The normalized spacial score (nSPS) is 23.4. The molecule has 2 rings (SSSR count). The maximum Gasteiger partial charge on any atom is 0.248 e. The highest BCUT2D eigenvalue weighted by atomic mass is 16.1. The zero-order valence-electron chi connectivity index (χ0n) is 12.8. The minimum atomic E-state index is -0.371. The summed E-state index contributed by atoms with van der Waals surface area (Å²) in [5, 5.41) is 3.62. The Morgan fingerprint density at radius 2 is 1.95 bits per heavy atom. The molecule has 3 N–H and O–H groups in total. The van der Waals surface area contributed by atoms with Crippen LogP contribution in [-0.4, -0.2) is 11.9 Å². The van der Waals surface area contributed by atoms with E-state index in [0.29, 0.717) is 22.9 Å². The van der Waals surface area contributed by atoms with Crippen molar-refractivity contribution in [3.05, 3.63) is 29.8 Å². The number of anilines is 1. The van der Waals surface area contributed by atoms with Gasteiger partial charge in [0.1, 0.15) is 0 Å². The van der Waals surface area contributed by atoms with Gasteiger partial charge in [0.2, 0.25) is 5.91 Å². The molecule has 2 unspecified atom stereocenters. The maximum atomic E-state index is 11.3. The van der Waals surface area contributed by atoms with Crippen molar-refractivity contribution in [2.75, 3.05) is 5.32 Å². The van der Waals surface area contributed by atoms with Gasteiger partial charge in [-0.3, -0.25) is 4.79 Å². The molecular weight excluding hydrogens is 248 g/mol. The number of carbonyl (C=O) groups excluding carboxylic acids is 1. The Morgan fingerprint density at radius 1 is 1.25 bits per heavy atom. The second-order valence-corrected chi connectivity index (χ2v) is 6.95. The molecule has 0 spiro atoms. The fourth-order valence-corrected chi connectivity index (χ4v) is 3.32. The van der Waals surface area contributed by atoms with Crippen LogP contribution in [-0.2, 0) is 0 Å². The van der Waals surface area contributed by atoms with Gasteiger partial charge in [0.25, 0.3) is 0 Å². The summed E-state index contributed by atoms with van der Waals surface area (Å²) >= 11 is 0. The lowest BCUT2D eigenvalue weighted by molar-refractivity contribution is 0.1000. The van der Waals surface area contributed by atoms with Gasteiger partial charge in [0, 0.05) is 17.3 Å². The molecule has 2 atom stereocenters. The quantitative estimate of drug-likeness (QED) is 0.880. The van der Waals surface area contributed by atoms with Gasteiger partial charge in [-0.15, -0.1) is 0 Å². The number of carbonyl (C=O) groups is 1. The molecule has 1 aliphatic rings. The van der Waals surface area contributed by atoms with E-state index < -0.39 is 0 Å². The van der Waals surface area contributed by atoms with Crippen LogP contribution in [0.15, 0.2) is 24.3 Å². The maximum absolute atomic E-state index is 11.3. The number of rotatable bonds is 3. The summed E-state index contributed by atoms with van der Waals surface area (Å²) in [6.07, 6.45) is 5.07. The number of nitrogens with one attached hydrogen (secondary N) is 1. The molecule has 0 saturated heterocycles. The second kappa shape index (κ2) is 5.86. The highest BCUT2D eigenvalue weighted by Gasteiger charge is 2.33. The second-order valence-electron chi connectivity index (χ2n) is 6.95. The van der Waals surface area contributed by atoms with Crippen LogP contribution in [0.5, 0.6) is 0 Å². The van der Waals surface area contributed by atoms with Crippen molar-refractivity contribution in [1.29, 1.82) is 0 Å². The summed E-state index contributed by atoms with van der Waals surface area (Å²) in [6.45, 7) is 6.95. The van der Waals surface area contributed by atoms with Gasteiger partial charge in [-0.2, -0.15) is 0 Å². The van der Waals surface area contributed by atoms with Gasteiger partial charge in [0.05, 0.1) is 0 Å². The number of hydrogen-bond acceptors (Lipinski definition) is 2. The molecular formula is C17H26N2O. The summed E-state index contributed by atoms with van der Waals surface area (Å²) in [5.41, 5.74) is 7.22. The van der Waals surface area contributed by atoms with Crippen LogP contribution in [0, 0.1) is 11.3 Å². The van der Waals surface area contributed by atoms with E-state index in [4.69, 9.17) is 5.73 Å². The first-order valence-corrected chi connectivity index (χ1v) is 7.54. The van der Waals surface area contributed by atoms with Gasteiger partial charge in [-0.05, 0) is 42.4 Å². The van der Waals surface area contributed by atoms with Crippen molar-refractivity contribution in [2.45, 2.75) is 52.5 Å². The third-order valence-electron chi connectivity index (χ3n) is 4.38. The lowest BCUT2D eigenvalue weighted by Gasteiger charge is -2.41. The molecule has 0 aromatic heterocycles. The summed E-state index contributed by atoms with van der Waals surface area (Å²) in [5.74, 6) is 0.290. The van der Waals surface area contributed by atoms with Crippen molar-refractivity contribution < 1.29 is 4.79 Å². The van der Waals surface area contributed by atoms with E-state index in [1.165, 1.54) is 25.7 Å². The van der Waals surface area contributed by atoms with Crippen LogP contribution < -0.4 is 11.1 Å². The average Bonchev–Trinajstić information content (AvgIpc) is 2.38. The van der Waals surface area contributed by atoms with Crippen LogP contribution in [0.4, 0.5) is 5.69 Å². The van der Waals surface area contributed by atoms with E-state index >= 15 is 0 Å². The summed E-state index contributed by atoms with van der Waals surface area (Å²) in [6, 6.07) is 8.00. The summed E-state index contributed by atoms with van der Waals surface area (Å²) < 4.78 is 0. The van der Waals surface area contributed by atoms with E-state index in [9.17, 15) is 4.79 Å². The standard InChI is InChI=1S/C17H26N2O/c1-17(2,3)14-9-4-5-10-15(14)19-13-8-6-7-12(11-13)16(18)20/h6-8,11,14-15,19H,4-5,9-10H2,1-3H3,(H2,18,20). The predicted molar refractivity (Wildman–Crippen MR) is 83.8 cm³/mol. The van der Waals surface area contributed by atoms with Crippen LogP contribution in [0.2, 0.25) is 0 Å². The number of primary amides is 1. The lowest BCUT2D eigenvalue weighted by Crippen LogP contribution is -2.39. The van der Waals surface area contributed by atoms with Crippen LogP contribution in [0.3, 0.4) is 0 Å². The van der Waals surface area contributed by atoms with Crippen LogP contribution in [0.1, 0.15) is 56.8 Å². The topological polar surface area (TPSA) is 55.1 Å². The Kier molecular flexibility index (Phi) is 4.36. The largest absolute Gasteiger partial charge is 0.382 e. The molecule has 1 aromatic carbocycles. The van der Waals surface area contributed by atoms with Gasteiger partial charge in [-0.25, -0.2) is 0 Å². The minimum absolute atomic E-state index is 0.305. The summed E-state index contributed by atoms with van der Waals surface area (Å²) in [4.78, 5) is 11.3. The molecule has 3 nitrogen and oxygen atoms in total. The molecule has 3 heteroatoms. The van der Waals surface area contributed by atoms with Crippen LogP contribution in [0.25, 0.3) is 0 Å². The molecule has 20 heavy (non-hydrogen) atoms. The smallest absolute Gasteiger partial charge is 0.248 e.